The normalized spacial score (nSPS) is 19.1. The first kappa shape index (κ1) is 38.9. The van der Waals surface area contributed by atoms with E-state index in [1.807, 2.05) is 0 Å². The Balaban J connectivity index is 1.20. The van der Waals surface area contributed by atoms with E-state index in [-0.39, 0.29) is 23.1 Å². The highest BCUT2D eigenvalue weighted by Gasteiger charge is 2.61. The van der Waals surface area contributed by atoms with Gasteiger partial charge in [-0.2, -0.15) is 0 Å². The van der Waals surface area contributed by atoms with Gasteiger partial charge in [-0.3, -0.25) is 0 Å². The molecule has 1 fully saturated rings. The van der Waals surface area contributed by atoms with Gasteiger partial charge in [0.1, 0.15) is 0 Å². The quantitative estimate of drug-likeness (QED) is 0.155. The summed E-state index contributed by atoms with van der Waals surface area (Å²) in [4.78, 5) is 7.93. The smallest absolute Gasteiger partial charge is 0.252 e. The standard InChI is InChI=1S/C60H54BN3/c1-58(2,3)45-37-50-57-52(38-45)61-51-36-44(42-22-12-7-13-23-42)30-33-53(51)63(48-31-28-43(29-32-48)41-20-10-6-11-21-41)54-39-49(62(46-24-14-8-15-25-46)47-26-16-9-17-27-47)40-55(56(54)61)64(57)60(5)35-19-18-34-59(50,60)4/h6-17,20-33,36-40H,18-19,34-35H2,1-5H3. The molecule has 3 heterocycles. The predicted octanol–water partition coefficient (Wildman–Crippen LogP) is 14.1. The predicted molar refractivity (Wildman–Crippen MR) is 273 cm³/mol. The van der Waals surface area contributed by atoms with Crippen molar-refractivity contribution in [3.8, 4) is 22.3 Å². The van der Waals surface area contributed by atoms with Crippen LogP contribution in [0.3, 0.4) is 0 Å². The van der Waals surface area contributed by atoms with E-state index in [0.29, 0.717) is 0 Å². The molecular formula is C60H54BN3. The van der Waals surface area contributed by atoms with Gasteiger partial charge >= 0.3 is 0 Å². The molecule has 0 aromatic heterocycles. The zero-order chi connectivity index (χ0) is 43.4. The Morgan fingerprint density at radius 1 is 0.500 bits per heavy atom. The van der Waals surface area contributed by atoms with E-state index in [1.54, 1.807) is 0 Å². The molecule has 0 bridgehead atoms. The fourth-order valence-corrected chi connectivity index (χ4v) is 12.0. The number of hydrogen-bond donors (Lipinski definition) is 0. The second kappa shape index (κ2) is 14.4. The van der Waals surface area contributed by atoms with Gasteiger partial charge in [0.05, 0.1) is 11.2 Å². The van der Waals surface area contributed by atoms with Gasteiger partial charge < -0.3 is 14.7 Å². The van der Waals surface area contributed by atoms with Crippen molar-refractivity contribution in [2.75, 3.05) is 14.7 Å². The average Bonchev–Trinajstić information content (AvgIpc) is 3.54. The summed E-state index contributed by atoms with van der Waals surface area (Å²) in [6.45, 7) is 12.4. The number of anilines is 8. The van der Waals surface area contributed by atoms with E-state index >= 15 is 0 Å². The summed E-state index contributed by atoms with van der Waals surface area (Å²) < 4.78 is 0. The minimum atomic E-state index is -0.116. The molecule has 4 aliphatic rings. The van der Waals surface area contributed by atoms with Crippen LogP contribution in [0.1, 0.15) is 71.4 Å². The van der Waals surface area contributed by atoms with Crippen LogP contribution in [0.5, 0.6) is 0 Å². The first-order valence-electron chi connectivity index (χ1n) is 23.3. The summed E-state index contributed by atoms with van der Waals surface area (Å²) >= 11 is 0. The number of para-hydroxylation sites is 2. The molecule has 1 saturated carbocycles. The van der Waals surface area contributed by atoms with Gasteiger partial charge in [0.2, 0.25) is 0 Å². The zero-order valence-corrected chi connectivity index (χ0v) is 37.6. The van der Waals surface area contributed by atoms with Crippen molar-refractivity contribution in [1.82, 2.24) is 0 Å². The Kier molecular flexibility index (Phi) is 8.73. The lowest BCUT2D eigenvalue weighted by Gasteiger charge is -2.53. The maximum atomic E-state index is 2.87. The molecule has 8 aromatic rings. The summed E-state index contributed by atoms with van der Waals surface area (Å²) in [5.74, 6) is 0. The molecule has 64 heavy (non-hydrogen) atoms. The van der Waals surface area contributed by atoms with Gasteiger partial charge in [-0.1, -0.05) is 174 Å². The van der Waals surface area contributed by atoms with Crippen LogP contribution in [-0.4, -0.2) is 12.3 Å². The number of nitrogens with zero attached hydrogens (tertiary/aromatic N) is 3. The van der Waals surface area contributed by atoms with Gasteiger partial charge in [0, 0.05) is 45.2 Å². The van der Waals surface area contributed by atoms with E-state index in [2.05, 4.69) is 237 Å². The van der Waals surface area contributed by atoms with Gasteiger partial charge in [-0.25, -0.2) is 0 Å². The van der Waals surface area contributed by atoms with Gasteiger partial charge in [0.25, 0.3) is 6.71 Å². The van der Waals surface area contributed by atoms with Crippen molar-refractivity contribution in [2.45, 2.75) is 76.7 Å². The second-order valence-corrected chi connectivity index (χ2v) is 20.1. The molecule has 0 spiro atoms. The zero-order valence-electron chi connectivity index (χ0n) is 37.6. The number of benzene rings is 8. The number of rotatable bonds is 6. The van der Waals surface area contributed by atoms with E-state index in [0.717, 1.165) is 29.2 Å². The molecule has 2 atom stereocenters. The summed E-state index contributed by atoms with van der Waals surface area (Å²) in [6, 6.07) is 70.5. The molecule has 3 nitrogen and oxygen atoms in total. The number of fused-ring (bicyclic) bond motifs is 7. The monoisotopic (exact) mass is 827 g/mol. The molecule has 312 valence electrons. The SMILES string of the molecule is CC(C)(C)c1cc2c3c(c1)C1(C)CCCCC1(C)N3c1cc(N(c3ccccc3)c3ccccc3)cc3c1B2c1cc(-c2ccccc2)ccc1N3c1ccc(-c2ccccc2)cc1. The summed E-state index contributed by atoms with van der Waals surface area (Å²) in [6.07, 6.45) is 4.81. The van der Waals surface area contributed by atoms with Crippen LogP contribution >= 0.6 is 0 Å². The lowest BCUT2D eigenvalue weighted by Crippen LogP contribution is -2.64. The minimum Gasteiger partial charge on any atom is -0.335 e. The molecule has 3 aliphatic heterocycles. The highest BCUT2D eigenvalue weighted by Crippen LogP contribution is 2.62. The summed E-state index contributed by atoms with van der Waals surface area (Å²) in [5.41, 5.74) is 21.8. The molecule has 2 unspecified atom stereocenters. The molecule has 8 aromatic carbocycles. The Labute approximate surface area is 379 Å². The van der Waals surface area contributed by atoms with Gasteiger partial charge in [-0.15, -0.1) is 0 Å². The molecular weight excluding hydrogens is 773 g/mol. The third-order valence-corrected chi connectivity index (χ3v) is 15.5. The van der Waals surface area contributed by atoms with Crippen molar-refractivity contribution in [1.29, 1.82) is 0 Å². The van der Waals surface area contributed by atoms with Crippen LogP contribution in [0.15, 0.2) is 188 Å². The van der Waals surface area contributed by atoms with E-state index < -0.39 is 0 Å². The van der Waals surface area contributed by atoms with Crippen molar-refractivity contribution in [3.05, 3.63) is 199 Å². The fraction of sp³-hybridized carbons (Fsp3) is 0.200. The highest BCUT2D eigenvalue weighted by atomic mass is 15.3. The van der Waals surface area contributed by atoms with Crippen molar-refractivity contribution in [3.63, 3.8) is 0 Å². The first-order valence-corrected chi connectivity index (χ1v) is 23.3. The molecule has 4 heteroatoms. The summed E-state index contributed by atoms with van der Waals surface area (Å²) in [5, 5.41) is 0. The van der Waals surface area contributed by atoms with Crippen LogP contribution in [0.4, 0.5) is 45.5 Å². The largest absolute Gasteiger partial charge is 0.335 e. The Bertz CT molecular complexity index is 3030. The molecule has 0 saturated heterocycles. The van der Waals surface area contributed by atoms with Crippen molar-refractivity contribution in [2.24, 2.45) is 0 Å². The molecule has 1 aliphatic carbocycles. The maximum Gasteiger partial charge on any atom is 0.252 e. The first-order chi connectivity index (χ1) is 31.1. The lowest BCUT2D eigenvalue weighted by atomic mass is 9.33. The molecule has 12 rings (SSSR count). The van der Waals surface area contributed by atoms with Crippen LogP contribution in [0.25, 0.3) is 22.3 Å². The van der Waals surface area contributed by atoms with Crippen LogP contribution in [0, 0.1) is 0 Å². The molecule has 0 radical (unpaired) electrons. The van der Waals surface area contributed by atoms with Crippen LogP contribution < -0.4 is 31.1 Å². The third-order valence-electron chi connectivity index (χ3n) is 15.5. The minimum absolute atomic E-state index is 0.0187. The Morgan fingerprint density at radius 2 is 1.05 bits per heavy atom. The Morgan fingerprint density at radius 3 is 1.67 bits per heavy atom. The average molecular weight is 828 g/mol. The van der Waals surface area contributed by atoms with Crippen molar-refractivity contribution < 1.29 is 0 Å². The molecule has 0 amide bonds. The second-order valence-electron chi connectivity index (χ2n) is 20.1. The molecule has 0 N–H and O–H groups in total. The van der Waals surface area contributed by atoms with Crippen LogP contribution in [0.2, 0.25) is 0 Å². The van der Waals surface area contributed by atoms with Crippen molar-refractivity contribution >= 4 is 68.6 Å². The van der Waals surface area contributed by atoms with E-state index in [9.17, 15) is 0 Å². The highest BCUT2D eigenvalue weighted by molar-refractivity contribution is 7.00. The topological polar surface area (TPSA) is 9.72 Å². The third kappa shape index (κ3) is 5.74. The van der Waals surface area contributed by atoms with Gasteiger partial charge in [0.15, 0.2) is 0 Å². The Hall–Kier alpha value is -6.78. The summed E-state index contributed by atoms with van der Waals surface area (Å²) in [7, 11) is 0. The van der Waals surface area contributed by atoms with Crippen LogP contribution in [-0.2, 0) is 10.8 Å². The van der Waals surface area contributed by atoms with Gasteiger partial charge in [-0.05, 0) is 130 Å². The van der Waals surface area contributed by atoms with E-state index in [4.69, 9.17) is 0 Å². The van der Waals surface area contributed by atoms with E-state index in [1.165, 1.54) is 91.8 Å². The maximum absolute atomic E-state index is 2.87. The lowest BCUT2D eigenvalue weighted by molar-refractivity contribution is 0.195. The number of hydrogen-bond acceptors (Lipinski definition) is 3. The fourth-order valence-electron chi connectivity index (χ4n) is 12.0.